The van der Waals surface area contributed by atoms with Gasteiger partial charge in [-0.1, -0.05) is 24.6 Å². The summed E-state index contributed by atoms with van der Waals surface area (Å²) in [6.07, 6.45) is 0.419. The first-order valence-electron chi connectivity index (χ1n) is 10.3. The van der Waals surface area contributed by atoms with Crippen molar-refractivity contribution in [2.75, 3.05) is 4.90 Å². The van der Waals surface area contributed by atoms with Crippen LogP contribution in [0.25, 0.3) is 0 Å². The van der Waals surface area contributed by atoms with Gasteiger partial charge in [0.1, 0.15) is 6.04 Å². The van der Waals surface area contributed by atoms with Gasteiger partial charge in [-0.3, -0.25) is 14.4 Å². The van der Waals surface area contributed by atoms with Crippen molar-refractivity contribution in [3.8, 4) is 0 Å². The summed E-state index contributed by atoms with van der Waals surface area (Å²) >= 11 is 0. The van der Waals surface area contributed by atoms with Crippen molar-refractivity contribution in [1.29, 1.82) is 0 Å². The summed E-state index contributed by atoms with van der Waals surface area (Å²) < 4.78 is 23.0. The Morgan fingerprint density at radius 1 is 1.09 bits per heavy atom. The molecule has 3 amide bonds. The second-order valence-electron chi connectivity index (χ2n) is 8.53. The van der Waals surface area contributed by atoms with Crippen LogP contribution in [0.1, 0.15) is 49.5 Å². The quantitative estimate of drug-likeness (QED) is 0.669. The van der Waals surface area contributed by atoms with Gasteiger partial charge in [0.25, 0.3) is 11.8 Å². The van der Waals surface area contributed by atoms with Gasteiger partial charge in [-0.2, -0.15) is 0 Å². The molecule has 1 heterocycles. The molecule has 2 aromatic rings. The minimum atomic E-state index is -3.90. The Morgan fingerprint density at radius 3 is 2.16 bits per heavy atom. The van der Waals surface area contributed by atoms with Crippen LogP contribution in [-0.4, -0.2) is 42.6 Å². The fourth-order valence-electron chi connectivity index (χ4n) is 3.72. The molecular weight excluding hydrogens is 430 g/mol. The lowest BCUT2D eigenvalue weighted by Gasteiger charge is -2.41. The minimum Gasteiger partial charge on any atom is -0.321 e. The van der Waals surface area contributed by atoms with Crippen LogP contribution < -0.4 is 10.0 Å². The van der Waals surface area contributed by atoms with Gasteiger partial charge in [-0.15, -0.1) is 0 Å². The summed E-state index contributed by atoms with van der Waals surface area (Å²) in [6.45, 7) is 7.56. The highest BCUT2D eigenvalue weighted by atomic mass is 32.2. The third kappa shape index (κ3) is 4.44. The number of primary sulfonamides is 1. The molecule has 0 aromatic heterocycles. The number of amides is 3. The lowest BCUT2D eigenvalue weighted by molar-refractivity contribution is -0.123. The molecule has 8 nitrogen and oxygen atoms in total. The van der Waals surface area contributed by atoms with E-state index in [1.807, 2.05) is 39.8 Å². The first kappa shape index (κ1) is 23.6. The van der Waals surface area contributed by atoms with Gasteiger partial charge in [0.15, 0.2) is 0 Å². The molecule has 2 aromatic carbocycles. The number of nitrogens with two attached hydrogens (primary N) is 1. The maximum Gasteiger partial charge on any atom is 0.257 e. The highest BCUT2D eigenvalue weighted by Crippen LogP contribution is 2.32. The zero-order valence-corrected chi connectivity index (χ0v) is 19.3. The van der Waals surface area contributed by atoms with Crippen molar-refractivity contribution in [3.63, 3.8) is 0 Å². The van der Waals surface area contributed by atoms with E-state index in [0.29, 0.717) is 12.0 Å². The Balaban J connectivity index is 1.98. The van der Waals surface area contributed by atoms with E-state index in [1.54, 1.807) is 12.1 Å². The lowest BCUT2D eigenvalue weighted by atomic mass is 9.94. The average Bonchev–Trinajstić information content (AvgIpc) is 3.01. The number of carbonyl (C=O) groups is 3. The van der Waals surface area contributed by atoms with Gasteiger partial charge in [0.2, 0.25) is 15.9 Å². The summed E-state index contributed by atoms with van der Waals surface area (Å²) in [5, 5.41) is 5.12. The predicted octanol–water partition coefficient (Wildman–Crippen LogP) is 2.61. The van der Waals surface area contributed by atoms with Crippen LogP contribution in [-0.2, 0) is 19.6 Å². The second-order valence-corrected chi connectivity index (χ2v) is 10.1. The maximum absolute atomic E-state index is 13.5. The van der Waals surface area contributed by atoms with Gasteiger partial charge in [-0.25, -0.2) is 18.5 Å². The van der Waals surface area contributed by atoms with E-state index in [1.165, 1.54) is 29.2 Å². The van der Waals surface area contributed by atoms with Gasteiger partial charge in [-0.05, 0) is 63.6 Å². The molecule has 3 rings (SSSR count). The van der Waals surface area contributed by atoms with Crippen LogP contribution in [0, 0.1) is 6.92 Å². The third-order valence-electron chi connectivity index (χ3n) is 5.89. The number of carbonyl (C=O) groups excluding carboxylic acids is 3. The van der Waals surface area contributed by atoms with Crippen molar-refractivity contribution in [2.24, 2.45) is 5.14 Å². The summed E-state index contributed by atoms with van der Waals surface area (Å²) in [5.41, 5.74) is 0.986. The van der Waals surface area contributed by atoms with Crippen molar-refractivity contribution in [2.45, 2.75) is 57.0 Å². The Bertz CT molecular complexity index is 1160. The minimum absolute atomic E-state index is 0.125. The number of hydrogen-bond donors (Lipinski definition) is 1. The van der Waals surface area contributed by atoms with E-state index < -0.39 is 33.4 Å². The summed E-state index contributed by atoms with van der Waals surface area (Å²) in [7, 11) is -3.90. The normalized spacial score (nSPS) is 17.0. The molecule has 0 aliphatic carbocycles. The molecule has 1 saturated heterocycles. The van der Waals surface area contributed by atoms with E-state index in [9.17, 15) is 22.8 Å². The number of sulfonamides is 1. The van der Waals surface area contributed by atoms with E-state index in [0.717, 1.165) is 10.5 Å². The zero-order chi connectivity index (χ0) is 23.8. The Kier molecular flexibility index (Phi) is 6.26. The van der Waals surface area contributed by atoms with E-state index in [4.69, 9.17) is 5.14 Å². The Labute approximate surface area is 188 Å². The van der Waals surface area contributed by atoms with Crippen molar-refractivity contribution < 1.29 is 22.8 Å². The van der Waals surface area contributed by atoms with Crippen molar-refractivity contribution in [3.05, 3.63) is 59.7 Å². The van der Waals surface area contributed by atoms with Gasteiger partial charge >= 0.3 is 0 Å². The van der Waals surface area contributed by atoms with Crippen LogP contribution in [0.2, 0.25) is 0 Å². The lowest BCUT2D eigenvalue weighted by Crippen LogP contribution is -2.55. The number of benzene rings is 2. The molecule has 9 heteroatoms. The van der Waals surface area contributed by atoms with Gasteiger partial charge in [0.05, 0.1) is 17.0 Å². The molecule has 0 radical (unpaired) electrons. The number of rotatable bonds is 6. The number of imide groups is 1. The van der Waals surface area contributed by atoms with Crippen LogP contribution in [0.15, 0.2) is 53.4 Å². The summed E-state index contributed by atoms with van der Waals surface area (Å²) in [4.78, 5) is 42.0. The SMILES string of the molecule is CCC(C)(C)N(C(=O)c1ccc(C)cc1)C1CC(=O)N(c2ccc(S(N)(=O)=O)cc2)C1=O. The third-order valence-corrected chi connectivity index (χ3v) is 6.82. The smallest absolute Gasteiger partial charge is 0.257 e. The fraction of sp³-hybridized carbons (Fsp3) is 0.348. The van der Waals surface area contributed by atoms with Gasteiger partial charge in [0, 0.05) is 11.1 Å². The van der Waals surface area contributed by atoms with Crippen LogP contribution in [0.3, 0.4) is 0 Å². The summed E-state index contributed by atoms with van der Waals surface area (Å²) in [5.74, 6) is -1.31. The average molecular weight is 458 g/mol. The molecule has 1 unspecified atom stereocenters. The van der Waals surface area contributed by atoms with Crippen molar-refractivity contribution >= 4 is 33.4 Å². The zero-order valence-electron chi connectivity index (χ0n) is 18.5. The van der Waals surface area contributed by atoms with E-state index in [2.05, 4.69) is 0 Å². The van der Waals surface area contributed by atoms with Crippen LogP contribution in [0.5, 0.6) is 0 Å². The number of nitrogens with zero attached hydrogens (tertiary/aromatic N) is 2. The van der Waals surface area contributed by atoms with Crippen LogP contribution >= 0.6 is 0 Å². The van der Waals surface area contributed by atoms with Crippen LogP contribution in [0.4, 0.5) is 5.69 Å². The highest BCUT2D eigenvalue weighted by molar-refractivity contribution is 7.89. The van der Waals surface area contributed by atoms with E-state index in [-0.39, 0.29) is 22.9 Å². The molecule has 1 aliphatic heterocycles. The maximum atomic E-state index is 13.5. The standard InChI is InChI=1S/C23H27N3O5S/c1-5-23(3,4)26(21(28)16-8-6-15(2)7-9-16)19-14-20(27)25(22(19)29)17-10-12-18(13-11-17)32(24,30)31/h6-13,19H,5,14H2,1-4H3,(H2,24,30,31). The second kappa shape index (κ2) is 8.48. The first-order valence-corrected chi connectivity index (χ1v) is 11.8. The molecular formula is C23H27N3O5S. The number of anilines is 1. The largest absolute Gasteiger partial charge is 0.321 e. The first-order chi connectivity index (χ1) is 14.9. The van der Waals surface area contributed by atoms with E-state index >= 15 is 0 Å². The Hall–Kier alpha value is -3.04. The summed E-state index contributed by atoms with van der Waals surface area (Å²) in [6, 6.07) is 11.3. The molecule has 32 heavy (non-hydrogen) atoms. The molecule has 1 aliphatic rings. The predicted molar refractivity (Wildman–Crippen MR) is 120 cm³/mol. The number of aryl methyl sites for hydroxylation is 1. The fourth-order valence-corrected chi connectivity index (χ4v) is 4.23. The Morgan fingerprint density at radius 2 is 1.66 bits per heavy atom. The topological polar surface area (TPSA) is 118 Å². The molecule has 170 valence electrons. The molecule has 0 spiro atoms. The molecule has 0 saturated carbocycles. The molecule has 0 bridgehead atoms. The highest BCUT2D eigenvalue weighted by Gasteiger charge is 2.48. The number of hydrogen-bond acceptors (Lipinski definition) is 5. The molecule has 1 atom stereocenters. The monoisotopic (exact) mass is 457 g/mol. The van der Waals surface area contributed by atoms with Gasteiger partial charge < -0.3 is 4.90 Å². The molecule has 1 fully saturated rings. The van der Waals surface area contributed by atoms with Crippen molar-refractivity contribution in [1.82, 2.24) is 4.90 Å². The molecule has 2 N–H and O–H groups in total.